The Bertz CT molecular complexity index is 596. The quantitative estimate of drug-likeness (QED) is 0.850. The molecule has 0 saturated carbocycles. The first-order valence-corrected chi connectivity index (χ1v) is 6.90. The summed E-state index contributed by atoms with van der Waals surface area (Å²) >= 11 is 0. The van der Waals surface area contributed by atoms with Crippen LogP contribution < -0.4 is 20.5 Å². The summed E-state index contributed by atoms with van der Waals surface area (Å²) < 4.78 is 11.1. The summed E-state index contributed by atoms with van der Waals surface area (Å²) in [5.74, 6) is 3.12. The fourth-order valence-corrected chi connectivity index (χ4v) is 1.93. The van der Waals surface area contributed by atoms with Gasteiger partial charge in [0, 0.05) is 17.8 Å². The molecule has 0 atom stereocenters. The van der Waals surface area contributed by atoms with Crippen LogP contribution in [0.2, 0.25) is 0 Å². The molecule has 3 N–H and O–H groups in total. The Labute approximate surface area is 124 Å². The molecule has 0 bridgehead atoms. The Balaban J connectivity index is 2.25. The van der Waals surface area contributed by atoms with E-state index in [-0.39, 0.29) is 0 Å². The minimum absolute atomic E-state index is 0.431. The highest BCUT2D eigenvalue weighted by atomic mass is 16.5. The molecule has 0 unspecified atom stereocenters. The first-order valence-electron chi connectivity index (χ1n) is 6.90. The van der Waals surface area contributed by atoms with Crippen molar-refractivity contribution in [2.45, 2.75) is 20.8 Å². The van der Waals surface area contributed by atoms with Crippen molar-refractivity contribution in [3.05, 3.63) is 30.1 Å². The van der Waals surface area contributed by atoms with Crippen LogP contribution in [-0.4, -0.2) is 23.2 Å². The van der Waals surface area contributed by atoms with Crippen LogP contribution >= 0.6 is 0 Å². The zero-order chi connectivity index (χ0) is 15.2. The van der Waals surface area contributed by atoms with Gasteiger partial charge < -0.3 is 20.5 Å². The van der Waals surface area contributed by atoms with Crippen LogP contribution in [0.5, 0.6) is 11.5 Å². The monoisotopic (exact) mass is 288 g/mol. The van der Waals surface area contributed by atoms with Crippen molar-refractivity contribution < 1.29 is 9.47 Å². The first kappa shape index (κ1) is 14.9. The number of aryl methyl sites for hydroxylation is 1. The molecule has 0 fully saturated rings. The van der Waals surface area contributed by atoms with Crippen molar-refractivity contribution in [1.82, 2.24) is 9.97 Å². The molecule has 2 rings (SSSR count). The van der Waals surface area contributed by atoms with Crippen molar-refractivity contribution in [2.75, 3.05) is 24.3 Å². The number of anilines is 3. The van der Waals surface area contributed by atoms with Gasteiger partial charge in [0.15, 0.2) is 11.5 Å². The lowest BCUT2D eigenvalue weighted by molar-refractivity contribution is 0.288. The maximum atomic E-state index is 5.72. The van der Waals surface area contributed by atoms with E-state index >= 15 is 0 Å². The molecule has 2 aromatic rings. The predicted octanol–water partition coefficient (Wildman–Crippen LogP) is 2.91. The molecule has 0 aliphatic carbocycles. The zero-order valence-corrected chi connectivity index (χ0v) is 12.5. The van der Waals surface area contributed by atoms with Crippen molar-refractivity contribution >= 4 is 17.3 Å². The van der Waals surface area contributed by atoms with Gasteiger partial charge in [0.05, 0.1) is 13.2 Å². The van der Waals surface area contributed by atoms with Crippen LogP contribution in [0.3, 0.4) is 0 Å². The Morgan fingerprint density at radius 2 is 1.76 bits per heavy atom. The second-order valence-corrected chi connectivity index (χ2v) is 4.38. The predicted molar refractivity (Wildman–Crippen MR) is 83.2 cm³/mol. The third-order valence-electron chi connectivity index (χ3n) is 2.67. The largest absolute Gasteiger partial charge is 0.490 e. The third-order valence-corrected chi connectivity index (χ3v) is 2.67. The van der Waals surface area contributed by atoms with Crippen LogP contribution in [0.25, 0.3) is 0 Å². The molecule has 1 heterocycles. The minimum atomic E-state index is 0.431. The standard InChI is InChI=1S/C15H20N4O2/c1-4-20-12-7-6-11(8-13(12)21-5-2)19-15-9-14(16)17-10(3)18-15/h6-9H,4-5H2,1-3H3,(H3,16,17,18,19). The lowest BCUT2D eigenvalue weighted by Gasteiger charge is -2.13. The van der Waals surface area contributed by atoms with Gasteiger partial charge in [-0.25, -0.2) is 9.97 Å². The van der Waals surface area contributed by atoms with E-state index in [0.717, 1.165) is 11.4 Å². The summed E-state index contributed by atoms with van der Waals surface area (Å²) in [6.45, 7) is 6.83. The second kappa shape index (κ2) is 6.78. The zero-order valence-electron chi connectivity index (χ0n) is 12.5. The molecule has 6 nitrogen and oxygen atoms in total. The van der Waals surface area contributed by atoms with E-state index < -0.39 is 0 Å². The smallest absolute Gasteiger partial charge is 0.163 e. The van der Waals surface area contributed by atoms with E-state index in [2.05, 4.69) is 15.3 Å². The number of benzene rings is 1. The van der Waals surface area contributed by atoms with Gasteiger partial charge in [-0.2, -0.15) is 0 Å². The topological polar surface area (TPSA) is 82.3 Å². The fraction of sp³-hybridized carbons (Fsp3) is 0.333. The number of rotatable bonds is 6. The number of nitrogens with two attached hydrogens (primary N) is 1. The lowest BCUT2D eigenvalue weighted by atomic mass is 10.2. The van der Waals surface area contributed by atoms with E-state index in [1.807, 2.05) is 32.0 Å². The number of hydrogen-bond acceptors (Lipinski definition) is 6. The van der Waals surface area contributed by atoms with Crippen molar-refractivity contribution in [3.63, 3.8) is 0 Å². The van der Waals surface area contributed by atoms with Gasteiger partial charge in [-0.15, -0.1) is 0 Å². The first-order chi connectivity index (χ1) is 10.1. The van der Waals surface area contributed by atoms with E-state index in [4.69, 9.17) is 15.2 Å². The van der Waals surface area contributed by atoms with Crippen molar-refractivity contribution in [2.24, 2.45) is 0 Å². The number of ether oxygens (including phenoxy) is 2. The van der Waals surface area contributed by atoms with Crippen molar-refractivity contribution in [1.29, 1.82) is 0 Å². The van der Waals surface area contributed by atoms with Gasteiger partial charge in [0.1, 0.15) is 17.5 Å². The van der Waals surface area contributed by atoms with Gasteiger partial charge in [0.2, 0.25) is 0 Å². The highest BCUT2D eigenvalue weighted by Gasteiger charge is 2.07. The normalized spacial score (nSPS) is 10.2. The molecule has 0 spiro atoms. The Hall–Kier alpha value is -2.50. The molecule has 1 aromatic carbocycles. The molecule has 0 saturated heterocycles. The number of nitrogen functional groups attached to an aromatic ring is 1. The number of nitrogens with zero attached hydrogens (tertiary/aromatic N) is 2. The third kappa shape index (κ3) is 3.98. The van der Waals surface area contributed by atoms with Crippen LogP contribution in [0, 0.1) is 6.92 Å². The number of hydrogen-bond donors (Lipinski definition) is 2. The minimum Gasteiger partial charge on any atom is -0.490 e. The van der Waals surface area contributed by atoms with Gasteiger partial charge in [-0.3, -0.25) is 0 Å². The Morgan fingerprint density at radius 1 is 1.05 bits per heavy atom. The molecular weight excluding hydrogens is 268 g/mol. The molecule has 6 heteroatoms. The SMILES string of the molecule is CCOc1ccc(Nc2cc(N)nc(C)n2)cc1OCC. The van der Waals surface area contributed by atoms with E-state index in [1.54, 1.807) is 13.0 Å². The molecule has 0 aliphatic rings. The summed E-state index contributed by atoms with van der Waals surface area (Å²) in [4.78, 5) is 8.33. The highest BCUT2D eigenvalue weighted by Crippen LogP contribution is 2.31. The van der Waals surface area contributed by atoms with E-state index in [0.29, 0.717) is 36.4 Å². The summed E-state index contributed by atoms with van der Waals surface area (Å²) in [6.07, 6.45) is 0. The molecular formula is C15H20N4O2. The number of aromatic nitrogens is 2. The average molecular weight is 288 g/mol. The summed E-state index contributed by atoms with van der Waals surface area (Å²) in [5, 5.41) is 3.19. The van der Waals surface area contributed by atoms with Gasteiger partial charge >= 0.3 is 0 Å². The molecule has 0 radical (unpaired) electrons. The molecule has 21 heavy (non-hydrogen) atoms. The number of nitrogens with one attached hydrogen (secondary N) is 1. The van der Waals surface area contributed by atoms with Crippen LogP contribution in [0.15, 0.2) is 24.3 Å². The van der Waals surface area contributed by atoms with E-state index in [1.165, 1.54) is 0 Å². The molecule has 0 aliphatic heterocycles. The fourth-order valence-electron chi connectivity index (χ4n) is 1.93. The summed E-state index contributed by atoms with van der Waals surface area (Å²) in [5.41, 5.74) is 6.57. The molecule has 1 aromatic heterocycles. The Morgan fingerprint density at radius 3 is 2.43 bits per heavy atom. The molecule has 112 valence electrons. The Kier molecular flexibility index (Phi) is 4.81. The summed E-state index contributed by atoms with van der Waals surface area (Å²) in [7, 11) is 0. The summed E-state index contributed by atoms with van der Waals surface area (Å²) in [6, 6.07) is 7.33. The van der Waals surface area contributed by atoms with Gasteiger partial charge in [-0.1, -0.05) is 0 Å². The van der Waals surface area contributed by atoms with Gasteiger partial charge in [-0.05, 0) is 32.9 Å². The van der Waals surface area contributed by atoms with Gasteiger partial charge in [0.25, 0.3) is 0 Å². The highest BCUT2D eigenvalue weighted by molar-refractivity contribution is 5.62. The van der Waals surface area contributed by atoms with Crippen LogP contribution in [-0.2, 0) is 0 Å². The maximum Gasteiger partial charge on any atom is 0.163 e. The van der Waals surface area contributed by atoms with E-state index in [9.17, 15) is 0 Å². The van der Waals surface area contributed by atoms with Crippen molar-refractivity contribution in [3.8, 4) is 11.5 Å². The lowest BCUT2D eigenvalue weighted by Crippen LogP contribution is -2.02. The maximum absolute atomic E-state index is 5.72. The van der Waals surface area contributed by atoms with Crippen LogP contribution in [0.1, 0.15) is 19.7 Å². The average Bonchev–Trinajstić information content (AvgIpc) is 2.41. The molecule has 0 amide bonds. The van der Waals surface area contributed by atoms with Crippen LogP contribution in [0.4, 0.5) is 17.3 Å². The second-order valence-electron chi connectivity index (χ2n) is 4.38.